The van der Waals surface area contributed by atoms with Gasteiger partial charge in [-0.05, 0) is 128 Å². The van der Waals surface area contributed by atoms with Crippen molar-refractivity contribution in [2.75, 3.05) is 30.3 Å². The van der Waals surface area contributed by atoms with E-state index in [2.05, 4.69) is 31.1 Å². The van der Waals surface area contributed by atoms with E-state index in [1.165, 1.54) is 17.0 Å². The minimum Gasteiger partial charge on any atom is -0.494 e. The van der Waals surface area contributed by atoms with Gasteiger partial charge in [0.05, 0.1) is 40.8 Å². The number of nitrogens with zero attached hydrogens (tertiary/aromatic N) is 5. The van der Waals surface area contributed by atoms with E-state index in [0.29, 0.717) is 75.9 Å². The number of imide groups is 1. The van der Waals surface area contributed by atoms with Crippen LogP contribution in [0.15, 0.2) is 136 Å². The molecule has 3 N–H and O–H groups in total. The van der Waals surface area contributed by atoms with E-state index in [1.54, 1.807) is 78.9 Å². The van der Waals surface area contributed by atoms with Gasteiger partial charge in [-0.3, -0.25) is 24.5 Å². The first-order valence-electron chi connectivity index (χ1n) is 19.5. The largest absolute Gasteiger partial charge is 0.494 e. The molecule has 15 nitrogen and oxygen atoms in total. The number of carbonyl (C=O) groups is 5. The van der Waals surface area contributed by atoms with Gasteiger partial charge < -0.3 is 24.8 Å². The van der Waals surface area contributed by atoms with E-state index in [0.717, 1.165) is 18.6 Å². The molecule has 7 rings (SSSR count). The fourth-order valence-electron chi connectivity index (χ4n) is 6.24. The lowest BCUT2D eigenvalue weighted by Gasteiger charge is -2.29. The maximum Gasteiger partial charge on any atom is 0.335 e. The molecule has 17 heteroatoms. The number of azo groups is 2. The molecule has 2 aliphatic heterocycles. The molecule has 2 heterocycles. The number of anilines is 1. The van der Waals surface area contributed by atoms with Crippen LogP contribution in [0.3, 0.4) is 0 Å². The molecule has 0 saturated carbocycles. The average molecular weight is 879 g/mol. The zero-order valence-corrected chi connectivity index (χ0v) is 34.7. The van der Waals surface area contributed by atoms with E-state index in [1.807, 2.05) is 24.3 Å². The predicted octanol–water partition coefficient (Wildman–Crippen LogP) is 9.93. The molecule has 0 spiro atoms. The van der Waals surface area contributed by atoms with Gasteiger partial charge in [0.15, 0.2) is 0 Å². The molecule has 5 aromatic rings. The minimum atomic E-state index is -0.963. The number of benzene rings is 5. The summed E-state index contributed by atoms with van der Waals surface area (Å²) in [6.07, 6.45) is 2.31. The first-order chi connectivity index (χ1) is 30.1. The summed E-state index contributed by atoms with van der Waals surface area (Å²) in [6.45, 7) is 1.23. The Labute approximate surface area is 366 Å². The number of rotatable bonds is 16. The van der Waals surface area contributed by atoms with Crippen LogP contribution in [-0.4, -0.2) is 70.6 Å². The number of carbonyl (C=O) groups excluding carboxylic acids is 4. The molecule has 4 amide bonds. The van der Waals surface area contributed by atoms with Crippen molar-refractivity contribution in [3.63, 3.8) is 0 Å². The van der Waals surface area contributed by atoms with Crippen LogP contribution in [0.4, 0.5) is 28.4 Å². The monoisotopic (exact) mass is 877 g/mol. The second-order valence-electron chi connectivity index (χ2n) is 13.8. The molecule has 1 unspecified atom stereocenters. The zero-order chi connectivity index (χ0) is 43.8. The Morgan fingerprint density at radius 2 is 1.23 bits per heavy atom. The fraction of sp³-hybridized carbons (Fsp3) is 0.222. The summed E-state index contributed by atoms with van der Waals surface area (Å²) < 4.78 is 11.0. The third-order valence-electron chi connectivity index (χ3n) is 9.45. The van der Waals surface area contributed by atoms with Crippen molar-refractivity contribution in [3.8, 4) is 11.5 Å². The number of alkyl halides is 2. The van der Waals surface area contributed by atoms with Gasteiger partial charge in [-0.1, -0.05) is 6.07 Å². The van der Waals surface area contributed by atoms with E-state index in [9.17, 15) is 24.0 Å². The topological polar surface area (TPSA) is 201 Å². The molecule has 1 saturated heterocycles. The molecule has 318 valence electrons. The molecule has 0 bridgehead atoms. The minimum absolute atomic E-state index is 0.163. The highest BCUT2D eigenvalue weighted by Crippen LogP contribution is 2.33. The van der Waals surface area contributed by atoms with Crippen LogP contribution in [0.2, 0.25) is 0 Å². The molecule has 5 aromatic carbocycles. The smallest absolute Gasteiger partial charge is 0.335 e. The van der Waals surface area contributed by atoms with Crippen LogP contribution < -0.4 is 20.1 Å². The average Bonchev–Trinajstić information content (AvgIpc) is 3.63. The first kappa shape index (κ1) is 44.6. The number of ether oxygens (including phenoxy) is 2. The van der Waals surface area contributed by atoms with Crippen LogP contribution in [-0.2, 0) is 16.1 Å². The lowest BCUT2D eigenvalue weighted by atomic mass is 10.0. The standard InChI is InChI=1S/C28H24ClN5O5.C17H17ClN2O3/c29-14-15-39-20-10-8-19(9-11-20)33-32-18-6-4-17(5-7-18)26(36)30-23-3-1-2-21-22(23)16-34(28(21)38)24-12-13-25(35)31-27(24)37;18-11-1-2-12-23-16-9-7-15(8-10-16)20-19-14-5-3-13(4-6-14)17(21)22/h1-11,24H,12-16H2,(H,30,36)(H,31,35,37);3-10H,1-2,11-12H2,(H,21,22). The van der Waals surface area contributed by atoms with E-state index in [-0.39, 0.29) is 42.7 Å². The Hall–Kier alpha value is -6.97. The second kappa shape index (κ2) is 22.0. The van der Waals surface area contributed by atoms with Crippen LogP contribution in [0.1, 0.15) is 62.3 Å². The third kappa shape index (κ3) is 12.3. The number of carboxylic acid groups (broad SMARTS) is 1. The number of aromatic carboxylic acids is 1. The molecule has 0 radical (unpaired) electrons. The molecule has 2 aliphatic rings. The van der Waals surface area contributed by atoms with Gasteiger partial charge in [0, 0.05) is 41.2 Å². The lowest BCUT2D eigenvalue weighted by molar-refractivity contribution is -0.136. The summed E-state index contributed by atoms with van der Waals surface area (Å²) in [5.74, 6) is 0.0877. The molecular weight excluding hydrogens is 837 g/mol. The van der Waals surface area contributed by atoms with Crippen LogP contribution in [0, 0.1) is 0 Å². The molecular formula is C45H41Cl2N7O8. The van der Waals surface area contributed by atoms with Gasteiger partial charge in [-0.25, -0.2) is 4.79 Å². The SMILES string of the molecule is O=C(O)c1ccc(N=Nc2ccc(OCCCCCl)cc2)cc1.O=C1CCC(N2Cc3c(NC(=O)c4ccc(N=Nc5ccc(OCCCl)cc5)cc4)cccc3C2=O)C(=O)N1. The third-order valence-corrected chi connectivity index (χ3v) is 9.87. The Bertz CT molecular complexity index is 2430. The van der Waals surface area contributed by atoms with Crippen molar-refractivity contribution in [1.29, 1.82) is 0 Å². The molecule has 0 aromatic heterocycles. The van der Waals surface area contributed by atoms with Crippen LogP contribution in [0.25, 0.3) is 0 Å². The summed E-state index contributed by atoms with van der Waals surface area (Å²) in [5, 5.41) is 30.6. The van der Waals surface area contributed by atoms with Crippen molar-refractivity contribution >= 4 is 81.2 Å². The Kier molecular flexibility index (Phi) is 15.8. The van der Waals surface area contributed by atoms with E-state index >= 15 is 0 Å². The van der Waals surface area contributed by atoms with Crippen molar-refractivity contribution in [2.45, 2.75) is 38.3 Å². The number of hydrogen-bond acceptors (Lipinski definition) is 11. The summed E-state index contributed by atoms with van der Waals surface area (Å²) in [7, 11) is 0. The van der Waals surface area contributed by atoms with E-state index in [4.69, 9.17) is 37.8 Å². The Morgan fingerprint density at radius 1 is 0.694 bits per heavy atom. The maximum atomic E-state index is 13.0. The normalized spacial score (nSPS) is 14.6. The number of nitrogens with one attached hydrogen (secondary N) is 2. The van der Waals surface area contributed by atoms with Gasteiger partial charge in [0.25, 0.3) is 11.8 Å². The number of hydrogen-bond donors (Lipinski definition) is 3. The highest BCUT2D eigenvalue weighted by atomic mass is 35.5. The number of fused-ring (bicyclic) bond motifs is 1. The van der Waals surface area contributed by atoms with Crippen molar-refractivity contribution in [1.82, 2.24) is 10.2 Å². The van der Waals surface area contributed by atoms with Crippen LogP contribution >= 0.6 is 23.2 Å². The second-order valence-corrected chi connectivity index (χ2v) is 14.5. The maximum absolute atomic E-state index is 13.0. The summed E-state index contributed by atoms with van der Waals surface area (Å²) in [4.78, 5) is 62.0. The first-order valence-corrected chi connectivity index (χ1v) is 20.6. The number of halogens is 2. The van der Waals surface area contributed by atoms with Crippen LogP contribution in [0.5, 0.6) is 11.5 Å². The van der Waals surface area contributed by atoms with Gasteiger partial charge >= 0.3 is 5.97 Å². The quantitative estimate of drug-likeness (QED) is 0.0376. The fourth-order valence-corrected chi connectivity index (χ4v) is 6.51. The van der Waals surface area contributed by atoms with Crippen molar-refractivity contribution in [2.24, 2.45) is 20.5 Å². The number of piperidine rings is 1. The molecule has 62 heavy (non-hydrogen) atoms. The number of amides is 4. The highest BCUT2D eigenvalue weighted by molar-refractivity contribution is 6.18. The molecule has 1 atom stereocenters. The van der Waals surface area contributed by atoms with Gasteiger partial charge in [-0.15, -0.1) is 23.2 Å². The summed E-state index contributed by atoms with van der Waals surface area (Å²) >= 11 is 11.2. The van der Waals surface area contributed by atoms with Gasteiger partial charge in [0.2, 0.25) is 11.8 Å². The number of unbranched alkanes of at least 4 members (excludes halogenated alkanes) is 1. The van der Waals surface area contributed by atoms with Gasteiger partial charge in [0.1, 0.15) is 24.1 Å². The Balaban J connectivity index is 0.000000238. The lowest BCUT2D eigenvalue weighted by Crippen LogP contribution is -2.52. The molecule has 1 fully saturated rings. The number of carboxylic acids is 1. The summed E-state index contributed by atoms with van der Waals surface area (Å²) in [5.41, 5.74) is 4.67. The Morgan fingerprint density at radius 3 is 1.74 bits per heavy atom. The predicted molar refractivity (Wildman–Crippen MR) is 233 cm³/mol. The van der Waals surface area contributed by atoms with Gasteiger partial charge in [-0.2, -0.15) is 20.5 Å². The van der Waals surface area contributed by atoms with Crippen molar-refractivity contribution < 1.29 is 38.6 Å². The van der Waals surface area contributed by atoms with E-state index < -0.39 is 17.9 Å². The van der Waals surface area contributed by atoms with Crippen molar-refractivity contribution in [3.05, 3.63) is 138 Å². The molecule has 0 aliphatic carbocycles. The highest BCUT2D eigenvalue weighted by Gasteiger charge is 2.40. The summed E-state index contributed by atoms with van der Waals surface area (Å²) in [6, 6.07) is 31.6. The zero-order valence-electron chi connectivity index (χ0n) is 33.2.